The Bertz CT molecular complexity index is 826. The number of aryl methyl sites for hydroxylation is 1. The predicted molar refractivity (Wildman–Crippen MR) is 97.8 cm³/mol. The smallest absolute Gasteiger partial charge is 0.152 e. The molecule has 0 radical (unpaired) electrons. The number of nitrogens with zero attached hydrogens (tertiary/aromatic N) is 4. The molecule has 1 saturated heterocycles. The van der Waals surface area contributed by atoms with Gasteiger partial charge in [0.25, 0.3) is 0 Å². The molecule has 6 nitrogen and oxygen atoms in total. The second-order valence-corrected chi connectivity index (χ2v) is 6.41. The van der Waals surface area contributed by atoms with Crippen molar-refractivity contribution >= 4 is 11.3 Å². The number of morpholine rings is 1. The molecule has 3 aromatic rings. The third-order valence-corrected chi connectivity index (χ3v) is 4.57. The molecular weight excluding hydrogens is 314 g/mol. The minimum atomic E-state index is 0.160. The number of nitrogens with one attached hydrogen (secondary N) is 1. The zero-order chi connectivity index (χ0) is 17.1. The summed E-state index contributed by atoms with van der Waals surface area (Å²) in [5.74, 6) is 0.866. The highest BCUT2D eigenvalue weighted by atomic mass is 16.5. The van der Waals surface area contributed by atoms with Gasteiger partial charge in [-0.2, -0.15) is 5.10 Å². The maximum absolute atomic E-state index is 5.48. The summed E-state index contributed by atoms with van der Waals surface area (Å²) in [6.45, 7) is 6.46. The molecule has 2 aromatic heterocycles. The molecule has 0 amide bonds. The number of rotatable bonds is 5. The van der Waals surface area contributed by atoms with E-state index in [4.69, 9.17) is 4.74 Å². The van der Waals surface area contributed by atoms with E-state index in [-0.39, 0.29) is 6.04 Å². The van der Waals surface area contributed by atoms with Crippen molar-refractivity contribution in [3.05, 3.63) is 60.0 Å². The van der Waals surface area contributed by atoms with Gasteiger partial charge in [0.15, 0.2) is 5.82 Å². The molecule has 1 unspecified atom stereocenters. The molecule has 6 heteroatoms. The van der Waals surface area contributed by atoms with Crippen molar-refractivity contribution in [3.63, 3.8) is 0 Å². The van der Waals surface area contributed by atoms with Crippen molar-refractivity contribution in [1.29, 1.82) is 0 Å². The third kappa shape index (κ3) is 3.65. The normalized spacial score (nSPS) is 16.8. The van der Waals surface area contributed by atoms with Crippen LogP contribution < -0.4 is 5.32 Å². The zero-order valence-electron chi connectivity index (χ0n) is 14.4. The lowest BCUT2D eigenvalue weighted by Gasteiger charge is -2.31. The lowest BCUT2D eigenvalue weighted by molar-refractivity contribution is 0.0361. The molecule has 3 heterocycles. The largest absolute Gasteiger partial charge is 0.379 e. The fourth-order valence-corrected chi connectivity index (χ4v) is 3.28. The number of benzene rings is 1. The second kappa shape index (κ2) is 7.21. The summed E-state index contributed by atoms with van der Waals surface area (Å²) in [5, 5.41) is 8.12. The molecule has 130 valence electrons. The second-order valence-electron chi connectivity index (χ2n) is 6.41. The first-order chi connectivity index (χ1) is 12.3. The highest BCUT2D eigenvalue weighted by Crippen LogP contribution is 2.23. The Morgan fingerprint density at radius 2 is 2.00 bits per heavy atom. The number of fused-ring (bicyclic) bond motifs is 1. The van der Waals surface area contributed by atoms with Crippen LogP contribution in [0.1, 0.15) is 17.3 Å². The molecule has 0 aliphatic carbocycles. The first-order valence-corrected chi connectivity index (χ1v) is 8.72. The summed E-state index contributed by atoms with van der Waals surface area (Å²) in [4.78, 5) is 7.00. The Hall–Kier alpha value is -2.44. The van der Waals surface area contributed by atoms with Crippen LogP contribution in [0.15, 0.2) is 48.8 Å². The van der Waals surface area contributed by atoms with Crippen molar-refractivity contribution in [2.75, 3.05) is 38.2 Å². The molecule has 0 bridgehead atoms. The van der Waals surface area contributed by atoms with Crippen LogP contribution in [0.2, 0.25) is 0 Å². The Kier molecular flexibility index (Phi) is 4.63. The van der Waals surface area contributed by atoms with Gasteiger partial charge in [-0.15, -0.1) is 0 Å². The third-order valence-electron chi connectivity index (χ3n) is 4.57. The van der Waals surface area contributed by atoms with E-state index in [0.717, 1.165) is 49.9 Å². The topological polar surface area (TPSA) is 54.7 Å². The van der Waals surface area contributed by atoms with E-state index < -0.39 is 0 Å². The van der Waals surface area contributed by atoms with E-state index in [1.165, 1.54) is 5.56 Å². The summed E-state index contributed by atoms with van der Waals surface area (Å²) >= 11 is 0. The van der Waals surface area contributed by atoms with E-state index in [9.17, 15) is 0 Å². The maximum atomic E-state index is 5.48. The van der Waals surface area contributed by atoms with Gasteiger partial charge in [0.2, 0.25) is 0 Å². The summed E-state index contributed by atoms with van der Waals surface area (Å²) in [6, 6.07) is 12.8. The SMILES string of the molecule is Cc1cc2c(NC(CN3CCOCC3)c3ccccc3)nccn2n1. The lowest BCUT2D eigenvalue weighted by Crippen LogP contribution is -2.40. The molecule has 1 fully saturated rings. The van der Waals surface area contributed by atoms with Crippen LogP contribution in [0.4, 0.5) is 5.82 Å². The number of anilines is 1. The summed E-state index contributed by atoms with van der Waals surface area (Å²) in [5.41, 5.74) is 3.25. The van der Waals surface area contributed by atoms with Crippen LogP contribution in [0.5, 0.6) is 0 Å². The summed E-state index contributed by atoms with van der Waals surface area (Å²) in [6.07, 6.45) is 3.67. The Labute approximate surface area is 147 Å². The van der Waals surface area contributed by atoms with E-state index in [1.807, 2.05) is 17.6 Å². The highest BCUT2D eigenvalue weighted by molar-refractivity contribution is 5.68. The number of hydrogen-bond acceptors (Lipinski definition) is 5. The zero-order valence-corrected chi connectivity index (χ0v) is 14.4. The monoisotopic (exact) mass is 337 g/mol. The fraction of sp³-hybridized carbons (Fsp3) is 0.368. The molecule has 1 aromatic carbocycles. The van der Waals surface area contributed by atoms with E-state index in [2.05, 4.69) is 56.7 Å². The van der Waals surface area contributed by atoms with Crippen molar-refractivity contribution in [2.45, 2.75) is 13.0 Å². The van der Waals surface area contributed by atoms with Gasteiger partial charge in [0, 0.05) is 32.0 Å². The minimum absolute atomic E-state index is 0.160. The van der Waals surface area contributed by atoms with Gasteiger partial charge in [0.1, 0.15) is 5.52 Å². The van der Waals surface area contributed by atoms with Crippen LogP contribution >= 0.6 is 0 Å². The minimum Gasteiger partial charge on any atom is -0.379 e. The average molecular weight is 337 g/mol. The Morgan fingerprint density at radius 1 is 1.20 bits per heavy atom. The van der Waals surface area contributed by atoms with Crippen LogP contribution in [0, 0.1) is 6.92 Å². The highest BCUT2D eigenvalue weighted by Gasteiger charge is 2.19. The standard InChI is InChI=1S/C19H23N5O/c1-15-13-18-19(20-7-8-24(18)22-15)21-17(16-5-3-2-4-6-16)14-23-9-11-25-12-10-23/h2-8,13,17H,9-12,14H2,1H3,(H,20,21). The van der Waals surface area contributed by atoms with Crippen molar-refractivity contribution < 1.29 is 4.74 Å². The van der Waals surface area contributed by atoms with Crippen LogP contribution in [0.25, 0.3) is 5.52 Å². The molecule has 0 saturated carbocycles. The average Bonchev–Trinajstić information content (AvgIpc) is 3.04. The predicted octanol–water partition coefficient (Wildman–Crippen LogP) is 2.52. The number of hydrogen-bond donors (Lipinski definition) is 1. The first-order valence-electron chi connectivity index (χ1n) is 8.72. The van der Waals surface area contributed by atoms with Gasteiger partial charge in [-0.3, -0.25) is 4.90 Å². The van der Waals surface area contributed by atoms with Crippen LogP contribution in [0.3, 0.4) is 0 Å². The lowest BCUT2D eigenvalue weighted by atomic mass is 10.1. The first kappa shape index (κ1) is 16.1. The Balaban J connectivity index is 1.62. The van der Waals surface area contributed by atoms with E-state index in [1.54, 1.807) is 6.20 Å². The summed E-state index contributed by atoms with van der Waals surface area (Å²) < 4.78 is 7.36. The van der Waals surface area contributed by atoms with Crippen molar-refractivity contribution in [1.82, 2.24) is 19.5 Å². The molecule has 25 heavy (non-hydrogen) atoms. The molecule has 1 aliphatic heterocycles. The van der Waals surface area contributed by atoms with Gasteiger partial charge >= 0.3 is 0 Å². The molecule has 1 N–H and O–H groups in total. The summed E-state index contributed by atoms with van der Waals surface area (Å²) in [7, 11) is 0. The number of aromatic nitrogens is 3. The molecule has 1 atom stereocenters. The number of ether oxygens (including phenoxy) is 1. The quantitative estimate of drug-likeness (QED) is 0.775. The maximum Gasteiger partial charge on any atom is 0.152 e. The molecule has 4 rings (SSSR count). The van der Waals surface area contributed by atoms with Crippen molar-refractivity contribution in [3.8, 4) is 0 Å². The van der Waals surface area contributed by atoms with Gasteiger partial charge in [-0.25, -0.2) is 9.50 Å². The van der Waals surface area contributed by atoms with Gasteiger partial charge < -0.3 is 10.1 Å². The van der Waals surface area contributed by atoms with Crippen LogP contribution in [-0.2, 0) is 4.74 Å². The molecule has 1 aliphatic rings. The fourth-order valence-electron chi connectivity index (χ4n) is 3.28. The van der Waals surface area contributed by atoms with E-state index >= 15 is 0 Å². The van der Waals surface area contributed by atoms with Gasteiger partial charge in [0.05, 0.1) is 24.9 Å². The molecule has 0 spiro atoms. The van der Waals surface area contributed by atoms with Gasteiger partial charge in [-0.1, -0.05) is 30.3 Å². The Morgan fingerprint density at radius 3 is 2.80 bits per heavy atom. The van der Waals surface area contributed by atoms with Gasteiger partial charge in [-0.05, 0) is 18.6 Å². The van der Waals surface area contributed by atoms with Crippen molar-refractivity contribution in [2.24, 2.45) is 0 Å². The van der Waals surface area contributed by atoms with Crippen LogP contribution in [-0.4, -0.2) is 52.3 Å². The van der Waals surface area contributed by atoms with E-state index in [0.29, 0.717) is 0 Å². The molecular formula is C19H23N5O.